The molecule has 0 spiro atoms. The van der Waals surface area contributed by atoms with Crippen LogP contribution < -0.4 is 0 Å². The van der Waals surface area contributed by atoms with Crippen LogP contribution in [-0.2, 0) is 22.4 Å². The maximum atomic E-state index is 10.1. The molecular formula is C18H22O4. The number of aliphatic carboxylic acids is 1. The molecule has 22 heavy (non-hydrogen) atoms. The lowest BCUT2D eigenvalue weighted by molar-refractivity contribution is -0.142. The zero-order chi connectivity index (χ0) is 16.0. The summed E-state index contributed by atoms with van der Waals surface area (Å²) in [6.45, 7) is 0.479. The third-order valence-electron chi connectivity index (χ3n) is 2.85. The molecule has 4 nitrogen and oxygen atoms in total. The molecular weight excluding hydrogens is 280 g/mol. The van der Waals surface area contributed by atoms with E-state index in [2.05, 4.69) is 0 Å². The highest BCUT2D eigenvalue weighted by molar-refractivity contribution is 5.67. The van der Waals surface area contributed by atoms with E-state index < -0.39 is 5.97 Å². The van der Waals surface area contributed by atoms with E-state index >= 15 is 0 Å². The minimum absolute atomic E-state index is 0.215. The van der Waals surface area contributed by atoms with E-state index in [1.165, 1.54) is 5.56 Å². The van der Waals surface area contributed by atoms with Gasteiger partial charge in [-0.1, -0.05) is 60.7 Å². The minimum atomic E-state index is -0.923. The van der Waals surface area contributed by atoms with Crippen molar-refractivity contribution in [1.82, 2.24) is 0 Å². The Hall–Kier alpha value is -2.17. The smallest absolute Gasteiger partial charge is 0.329 e. The molecule has 0 aliphatic heterocycles. The van der Waals surface area contributed by atoms with Crippen LogP contribution in [0.25, 0.3) is 0 Å². The zero-order valence-electron chi connectivity index (χ0n) is 12.5. The van der Waals surface area contributed by atoms with Crippen LogP contribution in [0.1, 0.15) is 11.1 Å². The van der Waals surface area contributed by atoms with Gasteiger partial charge in [-0.3, -0.25) is 0 Å². The zero-order valence-corrected chi connectivity index (χ0v) is 12.5. The Bertz CT molecular complexity index is 511. The van der Waals surface area contributed by atoms with Crippen molar-refractivity contribution >= 4 is 5.97 Å². The van der Waals surface area contributed by atoms with Crippen LogP contribution in [0.3, 0.4) is 0 Å². The van der Waals surface area contributed by atoms with Gasteiger partial charge in [-0.05, 0) is 24.0 Å². The van der Waals surface area contributed by atoms with E-state index in [1.54, 1.807) is 0 Å². The first-order valence-corrected chi connectivity index (χ1v) is 7.20. The van der Waals surface area contributed by atoms with E-state index in [-0.39, 0.29) is 13.2 Å². The van der Waals surface area contributed by atoms with Crippen molar-refractivity contribution < 1.29 is 19.7 Å². The van der Waals surface area contributed by atoms with E-state index in [9.17, 15) is 4.79 Å². The van der Waals surface area contributed by atoms with Gasteiger partial charge in [0, 0.05) is 6.61 Å². The van der Waals surface area contributed by atoms with Crippen LogP contribution in [0, 0.1) is 0 Å². The normalized spacial score (nSPS) is 9.68. The molecule has 2 N–H and O–H groups in total. The van der Waals surface area contributed by atoms with E-state index in [0.717, 1.165) is 18.4 Å². The number of benzene rings is 2. The molecule has 0 unspecified atom stereocenters. The number of hydrogen-bond donors (Lipinski definition) is 2. The maximum absolute atomic E-state index is 10.1. The molecule has 0 atom stereocenters. The lowest BCUT2D eigenvalue weighted by atomic mass is 10.2. The standard InChI is InChI=1S/C10H12O3.C8H10O/c11-10(12)8-13-7-6-9-4-2-1-3-5-9;9-7-6-8-4-2-1-3-5-8/h1-5H,6-8H2,(H,11,12);1-5,9H,6-7H2. The molecule has 0 saturated carbocycles. The van der Waals surface area contributed by atoms with Crippen molar-refractivity contribution in [1.29, 1.82) is 0 Å². The minimum Gasteiger partial charge on any atom is -0.480 e. The summed E-state index contributed by atoms with van der Waals surface area (Å²) < 4.78 is 4.90. The van der Waals surface area contributed by atoms with Gasteiger partial charge >= 0.3 is 5.97 Å². The number of rotatable bonds is 7. The molecule has 2 aromatic rings. The number of aliphatic hydroxyl groups is 1. The highest BCUT2D eigenvalue weighted by atomic mass is 16.5. The predicted octanol–water partition coefficient (Wildman–Crippen LogP) is 2.55. The second-order valence-electron chi connectivity index (χ2n) is 4.64. The Labute approximate surface area is 131 Å². The van der Waals surface area contributed by atoms with Gasteiger partial charge in [-0.25, -0.2) is 4.79 Å². The second-order valence-corrected chi connectivity index (χ2v) is 4.64. The average molecular weight is 302 g/mol. The van der Waals surface area contributed by atoms with E-state index in [0.29, 0.717) is 6.61 Å². The van der Waals surface area contributed by atoms with Gasteiger partial charge in [-0.15, -0.1) is 0 Å². The summed E-state index contributed by atoms with van der Waals surface area (Å²) >= 11 is 0. The molecule has 0 heterocycles. The van der Waals surface area contributed by atoms with E-state index in [1.807, 2.05) is 60.7 Å². The molecule has 0 aromatic heterocycles. The molecule has 118 valence electrons. The van der Waals surface area contributed by atoms with Gasteiger partial charge in [0.2, 0.25) is 0 Å². The number of aliphatic hydroxyl groups excluding tert-OH is 1. The van der Waals surface area contributed by atoms with Crippen molar-refractivity contribution in [3.05, 3.63) is 71.8 Å². The Kier molecular flexibility index (Phi) is 9.33. The Morgan fingerprint density at radius 1 is 0.864 bits per heavy atom. The fourth-order valence-electron chi connectivity index (χ4n) is 1.77. The van der Waals surface area contributed by atoms with E-state index in [4.69, 9.17) is 14.9 Å². The number of ether oxygens (including phenoxy) is 1. The van der Waals surface area contributed by atoms with Crippen molar-refractivity contribution in [2.24, 2.45) is 0 Å². The maximum Gasteiger partial charge on any atom is 0.329 e. The molecule has 0 radical (unpaired) electrons. The van der Waals surface area contributed by atoms with Crippen molar-refractivity contribution in [2.75, 3.05) is 19.8 Å². The van der Waals surface area contributed by atoms with Crippen LogP contribution in [0.2, 0.25) is 0 Å². The number of carboxylic acid groups (broad SMARTS) is 1. The Balaban J connectivity index is 0.000000235. The molecule has 2 aromatic carbocycles. The van der Waals surface area contributed by atoms with Crippen LogP contribution >= 0.6 is 0 Å². The van der Waals surface area contributed by atoms with Crippen molar-refractivity contribution in [3.63, 3.8) is 0 Å². The average Bonchev–Trinajstić information content (AvgIpc) is 2.54. The summed E-state index contributed by atoms with van der Waals surface area (Å²) in [4.78, 5) is 10.1. The van der Waals surface area contributed by atoms with Crippen LogP contribution in [0.4, 0.5) is 0 Å². The third-order valence-corrected chi connectivity index (χ3v) is 2.85. The lowest BCUT2D eigenvalue weighted by Crippen LogP contribution is -2.08. The first kappa shape index (κ1) is 17.9. The highest BCUT2D eigenvalue weighted by Gasteiger charge is 1.96. The summed E-state index contributed by atoms with van der Waals surface area (Å²) in [6.07, 6.45) is 1.52. The third kappa shape index (κ3) is 8.89. The molecule has 0 aliphatic carbocycles. The first-order valence-electron chi connectivity index (χ1n) is 7.20. The fraction of sp³-hybridized carbons (Fsp3) is 0.278. The largest absolute Gasteiger partial charge is 0.480 e. The van der Waals surface area contributed by atoms with Gasteiger partial charge in [0.25, 0.3) is 0 Å². The van der Waals surface area contributed by atoms with Gasteiger partial charge in [0.15, 0.2) is 0 Å². The van der Waals surface area contributed by atoms with Crippen molar-refractivity contribution in [3.8, 4) is 0 Å². The number of carboxylic acids is 1. The molecule has 0 aliphatic rings. The molecule has 0 amide bonds. The number of carbonyl (C=O) groups is 1. The predicted molar refractivity (Wildman–Crippen MR) is 85.8 cm³/mol. The van der Waals surface area contributed by atoms with Gasteiger partial charge in [0.05, 0.1) is 6.61 Å². The molecule has 2 rings (SSSR count). The van der Waals surface area contributed by atoms with Gasteiger partial charge in [0.1, 0.15) is 6.61 Å². The Morgan fingerprint density at radius 2 is 1.36 bits per heavy atom. The first-order chi connectivity index (χ1) is 10.7. The van der Waals surface area contributed by atoms with Crippen LogP contribution in [0.15, 0.2) is 60.7 Å². The summed E-state index contributed by atoms with van der Waals surface area (Å²) in [6, 6.07) is 19.8. The monoisotopic (exact) mass is 302 g/mol. The molecule has 0 fully saturated rings. The second kappa shape index (κ2) is 11.5. The topological polar surface area (TPSA) is 66.8 Å². The number of hydrogen-bond acceptors (Lipinski definition) is 3. The summed E-state index contributed by atoms with van der Waals surface area (Å²) in [7, 11) is 0. The SMILES string of the molecule is O=C(O)COCCc1ccccc1.OCCc1ccccc1. The van der Waals surface area contributed by atoms with Gasteiger partial charge in [-0.2, -0.15) is 0 Å². The Morgan fingerprint density at radius 3 is 1.82 bits per heavy atom. The molecule has 0 bridgehead atoms. The fourth-order valence-corrected chi connectivity index (χ4v) is 1.77. The summed E-state index contributed by atoms with van der Waals surface area (Å²) in [5.41, 5.74) is 2.35. The summed E-state index contributed by atoms with van der Waals surface area (Å²) in [5.74, 6) is -0.923. The quantitative estimate of drug-likeness (QED) is 0.771. The van der Waals surface area contributed by atoms with Crippen LogP contribution in [-0.4, -0.2) is 36.0 Å². The summed E-state index contributed by atoms with van der Waals surface area (Å²) in [5, 5.41) is 16.8. The lowest BCUT2D eigenvalue weighted by Gasteiger charge is -2.00. The van der Waals surface area contributed by atoms with Gasteiger partial charge < -0.3 is 14.9 Å². The van der Waals surface area contributed by atoms with Crippen LogP contribution in [0.5, 0.6) is 0 Å². The highest BCUT2D eigenvalue weighted by Crippen LogP contribution is 1.99. The molecule has 4 heteroatoms. The van der Waals surface area contributed by atoms with Crippen molar-refractivity contribution in [2.45, 2.75) is 12.8 Å². The molecule has 0 saturated heterocycles.